The van der Waals surface area contributed by atoms with E-state index in [1.807, 2.05) is 11.4 Å². The Morgan fingerprint density at radius 2 is 2.56 bits per heavy atom. The Kier molecular flexibility index (Phi) is 4.51. The molecule has 1 atom stereocenters. The van der Waals surface area contributed by atoms with Gasteiger partial charge in [0.2, 0.25) is 0 Å². The number of nitrogens with one attached hydrogen (secondary N) is 1. The molecule has 1 aliphatic rings. The molecule has 0 spiro atoms. The van der Waals surface area contributed by atoms with Crippen LogP contribution >= 0.6 is 11.3 Å². The third-order valence-corrected chi connectivity index (χ3v) is 3.63. The standard InChI is InChI=1S/C12H17NO2S/c14-10(3-4-12-2-1-7-16-12)8-11-9-13-5-6-15-11/h1-2,7,11,13H,3-6,8-9H2. The average molecular weight is 239 g/mol. The molecule has 0 aliphatic carbocycles. The molecule has 88 valence electrons. The minimum atomic E-state index is 0.0876. The third-order valence-electron chi connectivity index (χ3n) is 2.69. The molecule has 1 aromatic rings. The van der Waals surface area contributed by atoms with Crippen LogP contribution in [0.25, 0.3) is 0 Å². The zero-order valence-electron chi connectivity index (χ0n) is 9.28. The predicted octanol–water partition coefficient (Wildman–Crippen LogP) is 1.63. The molecule has 1 aromatic heterocycles. The van der Waals surface area contributed by atoms with Gasteiger partial charge in [-0.2, -0.15) is 0 Å². The molecule has 4 heteroatoms. The Bertz CT molecular complexity index is 318. The first-order valence-corrected chi connectivity index (χ1v) is 6.59. The second kappa shape index (κ2) is 6.13. The summed E-state index contributed by atoms with van der Waals surface area (Å²) in [5.74, 6) is 0.308. The fourth-order valence-corrected chi connectivity index (χ4v) is 2.53. The number of carbonyl (C=O) groups excluding carboxylic acids is 1. The Balaban J connectivity index is 1.67. The summed E-state index contributed by atoms with van der Waals surface area (Å²) >= 11 is 1.72. The van der Waals surface area contributed by atoms with Crippen molar-refractivity contribution in [1.82, 2.24) is 5.32 Å². The van der Waals surface area contributed by atoms with Crippen molar-refractivity contribution in [2.24, 2.45) is 0 Å². The van der Waals surface area contributed by atoms with Gasteiger partial charge in [0.25, 0.3) is 0 Å². The number of rotatable bonds is 5. The minimum absolute atomic E-state index is 0.0876. The number of hydrogen-bond donors (Lipinski definition) is 1. The van der Waals surface area contributed by atoms with Crippen LogP contribution in [0.4, 0.5) is 0 Å². The van der Waals surface area contributed by atoms with E-state index in [2.05, 4.69) is 11.4 Å². The Labute approximate surface area is 99.8 Å². The lowest BCUT2D eigenvalue weighted by Gasteiger charge is -2.22. The molecule has 1 unspecified atom stereocenters. The van der Waals surface area contributed by atoms with Crippen molar-refractivity contribution in [1.29, 1.82) is 0 Å². The Morgan fingerprint density at radius 1 is 1.62 bits per heavy atom. The summed E-state index contributed by atoms with van der Waals surface area (Å²) in [6, 6.07) is 4.11. The highest BCUT2D eigenvalue weighted by Crippen LogP contribution is 2.12. The predicted molar refractivity (Wildman–Crippen MR) is 64.9 cm³/mol. The highest BCUT2D eigenvalue weighted by atomic mass is 32.1. The van der Waals surface area contributed by atoms with Crippen molar-refractivity contribution in [3.63, 3.8) is 0 Å². The number of carbonyl (C=O) groups is 1. The van der Waals surface area contributed by atoms with Gasteiger partial charge < -0.3 is 10.1 Å². The lowest BCUT2D eigenvalue weighted by atomic mass is 10.1. The molecular weight excluding hydrogens is 222 g/mol. The molecule has 0 saturated carbocycles. The van der Waals surface area contributed by atoms with Crippen LogP contribution in [0.1, 0.15) is 17.7 Å². The summed E-state index contributed by atoms with van der Waals surface area (Å²) in [5.41, 5.74) is 0. The monoisotopic (exact) mass is 239 g/mol. The molecule has 0 amide bonds. The maximum atomic E-state index is 11.7. The first-order valence-electron chi connectivity index (χ1n) is 5.71. The highest BCUT2D eigenvalue weighted by molar-refractivity contribution is 7.09. The number of ketones is 1. The van der Waals surface area contributed by atoms with Crippen molar-refractivity contribution >= 4 is 17.1 Å². The van der Waals surface area contributed by atoms with Crippen LogP contribution in [0.2, 0.25) is 0 Å². The Morgan fingerprint density at radius 3 is 3.25 bits per heavy atom. The van der Waals surface area contributed by atoms with Crippen LogP contribution in [-0.2, 0) is 16.0 Å². The lowest BCUT2D eigenvalue weighted by Crippen LogP contribution is -2.39. The summed E-state index contributed by atoms with van der Waals surface area (Å²) in [6.07, 6.45) is 2.15. The summed E-state index contributed by atoms with van der Waals surface area (Å²) < 4.78 is 5.50. The second-order valence-electron chi connectivity index (χ2n) is 4.02. The zero-order chi connectivity index (χ0) is 11.2. The van der Waals surface area contributed by atoms with Gasteiger partial charge in [-0.25, -0.2) is 0 Å². The van der Waals surface area contributed by atoms with Gasteiger partial charge in [0.1, 0.15) is 5.78 Å². The molecule has 0 aromatic carbocycles. The molecule has 1 N–H and O–H groups in total. The topological polar surface area (TPSA) is 38.3 Å². The van der Waals surface area contributed by atoms with E-state index in [-0.39, 0.29) is 6.10 Å². The summed E-state index contributed by atoms with van der Waals surface area (Å²) in [7, 11) is 0. The Hall–Kier alpha value is -0.710. The van der Waals surface area contributed by atoms with E-state index in [0.29, 0.717) is 18.6 Å². The van der Waals surface area contributed by atoms with E-state index in [4.69, 9.17) is 4.74 Å². The van der Waals surface area contributed by atoms with Gasteiger partial charge in [-0.15, -0.1) is 11.3 Å². The van der Waals surface area contributed by atoms with E-state index < -0.39 is 0 Å². The van der Waals surface area contributed by atoms with Crippen LogP contribution in [0.5, 0.6) is 0 Å². The second-order valence-corrected chi connectivity index (χ2v) is 5.05. The highest BCUT2D eigenvalue weighted by Gasteiger charge is 2.16. The molecule has 2 rings (SSSR count). The van der Waals surface area contributed by atoms with Crippen LogP contribution in [-0.4, -0.2) is 31.6 Å². The average Bonchev–Trinajstić information content (AvgIpc) is 2.81. The van der Waals surface area contributed by atoms with Gasteiger partial charge >= 0.3 is 0 Å². The maximum absolute atomic E-state index is 11.7. The number of Topliss-reactive ketones (excluding diaryl/α,β-unsaturated/α-hetero) is 1. The van der Waals surface area contributed by atoms with Gasteiger partial charge in [-0.3, -0.25) is 4.79 Å². The molecule has 1 saturated heterocycles. The molecule has 2 heterocycles. The van der Waals surface area contributed by atoms with Crippen molar-refractivity contribution in [3.8, 4) is 0 Å². The fourth-order valence-electron chi connectivity index (χ4n) is 1.82. The largest absolute Gasteiger partial charge is 0.375 e. The quantitative estimate of drug-likeness (QED) is 0.848. The zero-order valence-corrected chi connectivity index (χ0v) is 10.1. The normalized spacial score (nSPS) is 20.9. The third kappa shape index (κ3) is 3.70. The molecule has 3 nitrogen and oxygen atoms in total. The van der Waals surface area contributed by atoms with Gasteiger partial charge in [0.15, 0.2) is 0 Å². The molecule has 1 fully saturated rings. The van der Waals surface area contributed by atoms with Gasteiger partial charge in [-0.1, -0.05) is 6.07 Å². The van der Waals surface area contributed by atoms with Crippen molar-refractivity contribution in [2.75, 3.05) is 19.7 Å². The van der Waals surface area contributed by atoms with Gasteiger partial charge in [-0.05, 0) is 17.9 Å². The molecular formula is C12H17NO2S. The van der Waals surface area contributed by atoms with Crippen molar-refractivity contribution in [2.45, 2.75) is 25.4 Å². The maximum Gasteiger partial charge on any atom is 0.135 e. The molecule has 0 bridgehead atoms. The number of aryl methyl sites for hydroxylation is 1. The van der Waals surface area contributed by atoms with Gasteiger partial charge in [0.05, 0.1) is 12.7 Å². The molecule has 0 radical (unpaired) electrons. The van der Waals surface area contributed by atoms with E-state index in [9.17, 15) is 4.79 Å². The van der Waals surface area contributed by atoms with E-state index in [1.54, 1.807) is 11.3 Å². The fraction of sp³-hybridized carbons (Fsp3) is 0.583. The molecule has 16 heavy (non-hydrogen) atoms. The number of ether oxygens (including phenoxy) is 1. The van der Waals surface area contributed by atoms with Crippen LogP contribution < -0.4 is 5.32 Å². The first kappa shape index (κ1) is 11.8. The van der Waals surface area contributed by atoms with Crippen molar-refractivity contribution < 1.29 is 9.53 Å². The van der Waals surface area contributed by atoms with Gasteiger partial charge in [0, 0.05) is 30.8 Å². The summed E-state index contributed by atoms with van der Waals surface area (Å²) in [6.45, 7) is 2.44. The first-order chi connectivity index (χ1) is 7.84. The number of thiophene rings is 1. The van der Waals surface area contributed by atoms with E-state index in [1.165, 1.54) is 4.88 Å². The van der Waals surface area contributed by atoms with Crippen molar-refractivity contribution in [3.05, 3.63) is 22.4 Å². The summed E-state index contributed by atoms with van der Waals surface area (Å²) in [4.78, 5) is 13.0. The van der Waals surface area contributed by atoms with E-state index >= 15 is 0 Å². The van der Waals surface area contributed by atoms with Crippen LogP contribution in [0, 0.1) is 0 Å². The van der Waals surface area contributed by atoms with Crippen LogP contribution in [0.15, 0.2) is 17.5 Å². The number of hydrogen-bond acceptors (Lipinski definition) is 4. The minimum Gasteiger partial charge on any atom is -0.375 e. The SMILES string of the molecule is O=C(CCc1cccs1)CC1CNCCO1. The number of morpholine rings is 1. The van der Waals surface area contributed by atoms with Crippen LogP contribution in [0.3, 0.4) is 0 Å². The lowest BCUT2D eigenvalue weighted by molar-refractivity contribution is -0.122. The molecule has 1 aliphatic heterocycles. The van der Waals surface area contributed by atoms with E-state index in [0.717, 1.165) is 26.1 Å². The smallest absolute Gasteiger partial charge is 0.135 e. The summed E-state index contributed by atoms with van der Waals surface area (Å²) in [5, 5.41) is 5.28.